The van der Waals surface area contributed by atoms with Crippen LogP contribution in [-0.2, 0) is 4.94 Å². The smallest absolute Gasteiger partial charge is 0.308 e. The summed E-state index contributed by atoms with van der Waals surface area (Å²) in [6.07, 6.45) is 0. The normalized spacial score (nSPS) is 21.8. The molecule has 11 nitrogen and oxygen atoms in total. The molecule has 11 heteroatoms. The molecule has 0 spiro atoms. The predicted molar refractivity (Wildman–Crippen MR) is 51.4 cm³/mol. The number of nitro benzene ring substituents is 2. The van der Waals surface area contributed by atoms with E-state index in [2.05, 4.69) is 4.94 Å². The van der Waals surface area contributed by atoms with Gasteiger partial charge in [0.1, 0.15) is 0 Å². The summed E-state index contributed by atoms with van der Waals surface area (Å²) in [5.74, 6) is 0. The number of benzene rings is 1. The van der Waals surface area contributed by atoms with Crippen LogP contribution >= 0.6 is 0 Å². The van der Waals surface area contributed by atoms with E-state index in [0.29, 0.717) is 12.1 Å². The van der Waals surface area contributed by atoms with E-state index < -0.39 is 37.6 Å². The molecule has 90 valence electrons. The van der Waals surface area contributed by atoms with Crippen molar-refractivity contribution in [3.05, 3.63) is 37.6 Å². The topological polar surface area (TPSA) is 151 Å². The lowest BCUT2D eigenvalue weighted by Gasteiger charge is -2.20. The third kappa shape index (κ3) is 1.64. The summed E-state index contributed by atoms with van der Waals surface area (Å²) in [5, 5.41) is 41.5. The molecular weight excluding hydrogens is 240 g/mol. The highest BCUT2D eigenvalue weighted by Gasteiger charge is 2.41. The van der Waals surface area contributed by atoms with Gasteiger partial charge in [-0.05, 0) is 9.91 Å². The fourth-order valence-electron chi connectivity index (χ4n) is 1.33. The van der Waals surface area contributed by atoms with Crippen LogP contribution in [0.25, 0.3) is 0 Å². The molecule has 1 atom stereocenters. The van der Waals surface area contributed by atoms with E-state index in [1.165, 1.54) is 0 Å². The summed E-state index contributed by atoms with van der Waals surface area (Å²) in [6, 6.07) is 1.34. The van der Waals surface area contributed by atoms with Crippen LogP contribution in [0.2, 0.25) is 0 Å². The zero-order valence-corrected chi connectivity index (χ0v) is 7.89. The van der Waals surface area contributed by atoms with Gasteiger partial charge in [-0.25, -0.2) is 0 Å². The second-order valence-electron chi connectivity index (χ2n) is 3.09. The number of nitro groups is 2. The van der Waals surface area contributed by atoms with E-state index in [1.807, 2.05) is 5.48 Å². The second kappa shape index (κ2) is 3.33. The van der Waals surface area contributed by atoms with E-state index >= 15 is 0 Å². The zero-order chi connectivity index (χ0) is 12.8. The van der Waals surface area contributed by atoms with Crippen molar-refractivity contribution in [2.45, 2.75) is 0 Å². The molecule has 1 aromatic rings. The van der Waals surface area contributed by atoms with Gasteiger partial charge in [0, 0.05) is 0 Å². The standard InChI is InChI=1S/C6H4N4O7/c11-8(12)3-1-4(9(13)14)6-5(2-3)10(15,16)17-7-6/h1-2,7,15H. The minimum atomic E-state index is -2.42. The molecule has 2 rings (SSSR count). The number of nitrogens with one attached hydrogen (secondary N) is 1. The van der Waals surface area contributed by atoms with Gasteiger partial charge in [-0.15, -0.1) is 0 Å². The van der Waals surface area contributed by atoms with Crippen molar-refractivity contribution < 1.29 is 20.0 Å². The van der Waals surface area contributed by atoms with Gasteiger partial charge in [-0.1, -0.05) is 0 Å². The predicted octanol–water partition coefficient (Wildman–Crippen LogP) is 0.969. The van der Waals surface area contributed by atoms with Gasteiger partial charge in [0.05, 0.1) is 22.0 Å². The molecule has 1 heterocycles. The molecule has 0 amide bonds. The molecule has 1 aliphatic rings. The third-order valence-corrected chi connectivity index (χ3v) is 2.06. The third-order valence-electron chi connectivity index (χ3n) is 2.06. The largest absolute Gasteiger partial charge is 0.557 e. The molecule has 0 aromatic heterocycles. The summed E-state index contributed by atoms with van der Waals surface area (Å²) in [6.45, 7) is 0. The van der Waals surface area contributed by atoms with Crippen molar-refractivity contribution >= 4 is 22.7 Å². The van der Waals surface area contributed by atoms with E-state index in [-0.39, 0.29) is 0 Å². The first kappa shape index (κ1) is 11.2. The van der Waals surface area contributed by atoms with E-state index in [0.717, 1.165) is 0 Å². The number of hydrogen-bond donors (Lipinski definition) is 2. The number of nitrogens with zero attached hydrogens (tertiary/aromatic N) is 3. The van der Waals surface area contributed by atoms with Crippen molar-refractivity contribution in [3.8, 4) is 0 Å². The van der Waals surface area contributed by atoms with Gasteiger partial charge < -0.3 is 5.21 Å². The van der Waals surface area contributed by atoms with Gasteiger partial charge in [0.2, 0.25) is 11.4 Å². The Morgan fingerprint density at radius 3 is 2.47 bits per heavy atom. The Kier molecular flexibility index (Phi) is 2.18. The number of non-ortho nitro benzene ring substituents is 1. The number of fused-ring (bicyclic) bond motifs is 1. The van der Waals surface area contributed by atoms with Gasteiger partial charge in [0.25, 0.3) is 5.69 Å². The van der Waals surface area contributed by atoms with E-state index in [4.69, 9.17) is 5.21 Å². The fourth-order valence-corrected chi connectivity index (χ4v) is 1.33. The average molecular weight is 244 g/mol. The summed E-state index contributed by atoms with van der Waals surface area (Å²) in [4.78, 5) is 21.0. The maximum Gasteiger partial charge on any atom is 0.308 e. The summed E-state index contributed by atoms with van der Waals surface area (Å²) in [7, 11) is 0. The van der Waals surface area contributed by atoms with Crippen LogP contribution in [0.5, 0.6) is 0 Å². The molecule has 1 unspecified atom stereocenters. The van der Waals surface area contributed by atoms with Crippen LogP contribution in [0.15, 0.2) is 12.1 Å². The SMILES string of the molecule is O=[N+]([O-])c1cc([N+](=O)[O-])c2c(c1)[N+]([O-])(O)ON2. The van der Waals surface area contributed by atoms with Gasteiger partial charge in [-0.2, -0.15) is 10.7 Å². The van der Waals surface area contributed by atoms with Crippen molar-refractivity contribution in [2.75, 3.05) is 5.48 Å². The monoisotopic (exact) mass is 244 g/mol. The quantitative estimate of drug-likeness (QED) is 0.338. The Balaban J connectivity index is 2.71. The highest BCUT2D eigenvalue weighted by Crippen LogP contribution is 2.44. The molecule has 0 aliphatic carbocycles. The van der Waals surface area contributed by atoms with Crippen LogP contribution in [0.4, 0.5) is 22.7 Å². The molecule has 2 N–H and O–H groups in total. The Morgan fingerprint density at radius 1 is 1.29 bits per heavy atom. The zero-order valence-electron chi connectivity index (χ0n) is 7.89. The van der Waals surface area contributed by atoms with Crippen molar-refractivity contribution in [3.63, 3.8) is 0 Å². The first-order valence-corrected chi connectivity index (χ1v) is 4.08. The highest BCUT2D eigenvalue weighted by atomic mass is 17.2. The van der Waals surface area contributed by atoms with Gasteiger partial charge in [-0.3, -0.25) is 20.2 Å². The molecule has 0 bridgehead atoms. The number of quaternary nitrogens is 1. The minimum absolute atomic E-state index is 0.418. The van der Waals surface area contributed by atoms with Crippen molar-refractivity contribution in [2.24, 2.45) is 0 Å². The first-order chi connectivity index (χ1) is 7.83. The lowest BCUT2D eigenvalue weighted by atomic mass is 10.2. The molecule has 0 saturated heterocycles. The Hall–Kier alpha value is -2.34. The molecule has 0 fully saturated rings. The maximum absolute atomic E-state index is 11.2. The molecule has 1 aromatic carbocycles. The maximum atomic E-state index is 11.2. The lowest BCUT2D eigenvalue weighted by Crippen LogP contribution is -2.35. The van der Waals surface area contributed by atoms with Crippen LogP contribution in [-0.4, -0.2) is 15.1 Å². The van der Waals surface area contributed by atoms with Crippen molar-refractivity contribution in [1.82, 2.24) is 4.97 Å². The molecule has 1 aliphatic heterocycles. The van der Waals surface area contributed by atoms with Crippen LogP contribution in [0.3, 0.4) is 0 Å². The van der Waals surface area contributed by atoms with Crippen LogP contribution in [0, 0.1) is 25.4 Å². The lowest BCUT2D eigenvalue weighted by molar-refractivity contribution is -0.393. The fraction of sp³-hybridized carbons (Fsp3) is 0. The van der Waals surface area contributed by atoms with Crippen LogP contribution < -0.4 is 10.5 Å². The highest BCUT2D eigenvalue weighted by molar-refractivity contribution is 5.81. The first-order valence-electron chi connectivity index (χ1n) is 4.08. The van der Waals surface area contributed by atoms with Gasteiger partial charge >= 0.3 is 5.69 Å². The van der Waals surface area contributed by atoms with Crippen LogP contribution in [0.1, 0.15) is 0 Å². The summed E-state index contributed by atoms with van der Waals surface area (Å²) >= 11 is 0. The number of rotatable bonds is 2. The number of hydrogen-bond acceptors (Lipinski definition) is 8. The summed E-state index contributed by atoms with van der Waals surface area (Å²) < 4.78 is 0. The minimum Gasteiger partial charge on any atom is -0.557 e. The van der Waals surface area contributed by atoms with E-state index in [9.17, 15) is 25.4 Å². The average Bonchev–Trinajstić information content (AvgIpc) is 2.53. The van der Waals surface area contributed by atoms with Crippen molar-refractivity contribution in [1.29, 1.82) is 0 Å². The summed E-state index contributed by atoms with van der Waals surface area (Å²) in [5.41, 5.74) is -0.664. The molecular formula is C6H4N4O7. The van der Waals surface area contributed by atoms with Gasteiger partial charge in [0.15, 0.2) is 0 Å². The number of anilines is 1. The Morgan fingerprint density at radius 2 is 1.94 bits per heavy atom. The molecule has 0 saturated carbocycles. The molecule has 0 radical (unpaired) electrons. The second-order valence-corrected chi connectivity index (χ2v) is 3.09. The van der Waals surface area contributed by atoms with E-state index in [1.54, 1.807) is 0 Å². The Bertz CT molecular complexity index is 527. The Labute approximate surface area is 91.8 Å². The molecule has 17 heavy (non-hydrogen) atoms.